The molecular formula is C21H16Cl2N4O5S2. The van der Waals surface area contributed by atoms with Gasteiger partial charge in [-0.15, -0.1) is 0 Å². The van der Waals surface area contributed by atoms with Crippen LogP contribution in [-0.4, -0.2) is 51.4 Å². The van der Waals surface area contributed by atoms with Crippen LogP contribution in [-0.2, 0) is 26.0 Å². The summed E-state index contributed by atoms with van der Waals surface area (Å²) in [4.78, 5) is 19.7. The first kappa shape index (κ1) is 24.3. The van der Waals surface area contributed by atoms with Crippen LogP contribution in [0.4, 0.5) is 5.69 Å². The van der Waals surface area contributed by atoms with E-state index >= 15 is 0 Å². The molecule has 0 fully saturated rings. The average molecular weight is 539 g/mol. The van der Waals surface area contributed by atoms with Gasteiger partial charge >= 0.3 is 5.97 Å². The molecule has 4 aromatic rings. The van der Waals surface area contributed by atoms with E-state index in [1.54, 1.807) is 29.0 Å². The van der Waals surface area contributed by atoms with E-state index < -0.39 is 33.7 Å². The molecular weight excluding hydrogens is 523 g/mol. The molecule has 0 aliphatic carbocycles. The van der Waals surface area contributed by atoms with Gasteiger partial charge in [-0.1, -0.05) is 23.2 Å². The fourth-order valence-electron chi connectivity index (χ4n) is 3.31. The van der Waals surface area contributed by atoms with Gasteiger partial charge in [-0.05, 0) is 42.5 Å². The predicted molar refractivity (Wildman–Crippen MR) is 130 cm³/mol. The molecule has 0 aliphatic rings. The molecule has 2 aromatic heterocycles. The number of rotatable bonds is 7. The number of carboxylic acids is 1. The summed E-state index contributed by atoms with van der Waals surface area (Å²) in [6.07, 6.45) is 6.12. The molecule has 1 unspecified atom stereocenters. The molecule has 0 saturated heterocycles. The molecule has 1 atom stereocenters. The van der Waals surface area contributed by atoms with E-state index in [2.05, 4.69) is 9.97 Å². The van der Waals surface area contributed by atoms with Gasteiger partial charge in [0.1, 0.15) is 19.0 Å². The Balaban J connectivity index is 1.77. The summed E-state index contributed by atoms with van der Waals surface area (Å²) in [6, 6.07) is 10.2. The van der Waals surface area contributed by atoms with Crippen LogP contribution >= 0.6 is 23.2 Å². The minimum atomic E-state index is -4.30. The zero-order chi connectivity index (χ0) is 24.6. The molecule has 0 aliphatic heterocycles. The second kappa shape index (κ2) is 9.43. The van der Waals surface area contributed by atoms with Crippen molar-refractivity contribution in [3.63, 3.8) is 0 Å². The third kappa shape index (κ3) is 4.84. The van der Waals surface area contributed by atoms with E-state index in [-0.39, 0.29) is 20.6 Å². The van der Waals surface area contributed by atoms with Crippen LogP contribution in [0.5, 0.6) is 0 Å². The van der Waals surface area contributed by atoms with Crippen LogP contribution in [0.15, 0.2) is 71.0 Å². The van der Waals surface area contributed by atoms with Gasteiger partial charge in [-0.25, -0.2) is 18.4 Å². The highest BCUT2D eigenvalue weighted by Gasteiger charge is 2.28. The number of aliphatic carboxylic acids is 1. The number of sulfonamides is 1. The summed E-state index contributed by atoms with van der Waals surface area (Å²) in [6.45, 7) is -0.806. The van der Waals surface area contributed by atoms with Crippen LogP contribution in [0.3, 0.4) is 0 Å². The van der Waals surface area contributed by atoms with Crippen LogP contribution < -0.4 is 4.31 Å². The van der Waals surface area contributed by atoms with Crippen LogP contribution in [0.1, 0.15) is 0 Å². The topological polar surface area (TPSA) is 128 Å². The third-order valence-electron chi connectivity index (χ3n) is 4.82. The maximum absolute atomic E-state index is 13.3. The van der Waals surface area contributed by atoms with Gasteiger partial charge in [-0.2, -0.15) is 0 Å². The Hall–Kier alpha value is -2.83. The molecule has 2 aromatic carbocycles. The molecule has 4 rings (SSSR count). The minimum absolute atomic E-state index is 0.105. The number of aromatic nitrogens is 3. The molecule has 0 spiro atoms. The molecule has 0 saturated carbocycles. The van der Waals surface area contributed by atoms with Crippen LogP contribution in [0, 0.1) is 0 Å². The highest BCUT2D eigenvalue weighted by atomic mass is 35.5. The van der Waals surface area contributed by atoms with E-state index in [9.17, 15) is 22.9 Å². The Labute approximate surface area is 207 Å². The molecule has 0 amide bonds. The zero-order valence-electron chi connectivity index (χ0n) is 17.4. The number of carbonyl (C=O) groups is 1. The van der Waals surface area contributed by atoms with Gasteiger partial charge in [0, 0.05) is 32.8 Å². The van der Waals surface area contributed by atoms with Crippen molar-refractivity contribution in [3.05, 3.63) is 71.1 Å². The van der Waals surface area contributed by atoms with Crippen molar-refractivity contribution in [3.8, 4) is 5.82 Å². The highest BCUT2D eigenvalue weighted by molar-refractivity contribution is 7.93. The molecule has 2 heterocycles. The van der Waals surface area contributed by atoms with E-state index in [0.29, 0.717) is 21.7 Å². The summed E-state index contributed by atoms with van der Waals surface area (Å²) in [5.74, 6) is -0.862. The molecule has 13 heteroatoms. The Bertz CT molecular complexity index is 1470. The standard InChI is InChI=1S/C21H16Cl2N4O5S2/c1-33(30)20-11-24-19(10-25-20)26-5-4-13-6-16(2-3-18(13)26)27(12-21(28)29)34(31,32)17-8-14(22)7-15(23)9-17/h2-11H,12H2,1H3,(H,28,29). The number of hydrogen-bond donors (Lipinski definition) is 1. The molecule has 0 radical (unpaired) electrons. The molecule has 34 heavy (non-hydrogen) atoms. The van der Waals surface area contributed by atoms with E-state index in [0.717, 1.165) is 4.31 Å². The van der Waals surface area contributed by atoms with Gasteiger partial charge in [0.2, 0.25) is 0 Å². The van der Waals surface area contributed by atoms with Crippen molar-refractivity contribution in [1.82, 2.24) is 14.5 Å². The Kier molecular flexibility index (Phi) is 6.74. The van der Waals surface area contributed by atoms with E-state index in [1.807, 2.05) is 0 Å². The lowest BCUT2D eigenvalue weighted by Gasteiger charge is -2.23. The Morgan fingerprint density at radius 3 is 2.41 bits per heavy atom. The van der Waals surface area contributed by atoms with Crippen molar-refractivity contribution >= 4 is 67.0 Å². The molecule has 0 bridgehead atoms. The van der Waals surface area contributed by atoms with Gasteiger partial charge in [0.15, 0.2) is 5.82 Å². The first-order valence-electron chi connectivity index (χ1n) is 9.54. The van der Waals surface area contributed by atoms with Gasteiger partial charge in [0.25, 0.3) is 15.0 Å². The van der Waals surface area contributed by atoms with Crippen molar-refractivity contribution in [1.29, 1.82) is 0 Å². The summed E-state index contributed by atoms with van der Waals surface area (Å²) >= 11 is 10.7. The highest BCUT2D eigenvalue weighted by Crippen LogP contribution is 2.31. The average Bonchev–Trinajstić information content (AvgIpc) is 3.20. The molecule has 1 N–H and O–H groups in total. The van der Waals surface area contributed by atoms with Crippen molar-refractivity contribution in [2.24, 2.45) is 0 Å². The van der Waals surface area contributed by atoms with Crippen LogP contribution in [0.25, 0.3) is 16.7 Å². The molecule has 176 valence electrons. The summed E-state index contributed by atoms with van der Waals surface area (Å²) in [5.41, 5.74) is 0.827. The minimum Gasteiger partial charge on any atom is -0.610 e. The number of carboxylic acid groups (broad SMARTS) is 1. The second-order valence-corrected chi connectivity index (χ2v) is 11.2. The van der Waals surface area contributed by atoms with E-state index in [1.165, 1.54) is 42.9 Å². The summed E-state index contributed by atoms with van der Waals surface area (Å²) in [7, 11) is -4.30. The maximum atomic E-state index is 13.3. The number of benzene rings is 2. The Morgan fingerprint density at radius 1 is 1.12 bits per heavy atom. The smallest absolute Gasteiger partial charge is 0.324 e. The second-order valence-electron chi connectivity index (χ2n) is 7.11. The van der Waals surface area contributed by atoms with E-state index in [4.69, 9.17) is 23.2 Å². The van der Waals surface area contributed by atoms with Crippen molar-refractivity contribution < 1.29 is 22.9 Å². The number of fused-ring (bicyclic) bond motifs is 1. The third-order valence-corrected chi connectivity index (χ3v) is 7.81. The lowest BCUT2D eigenvalue weighted by molar-refractivity contribution is -0.135. The first-order chi connectivity index (χ1) is 16.1. The fourth-order valence-corrected chi connectivity index (χ4v) is 5.85. The summed E-state index contributed by atoms with van der Waals surface area (Å²) < 4.78 is 40.7. The normalized spacial score (nSPS) is 12.6. The van der Waals surface area contributed by atoms with Gasteiger partial charge in [-0.3, -0.25) is 13.7 Å². The largest absolute Gasteiger partial charge is 0.610 e. The zero-order valence-corrected chi connectivity index (χ0v) is 20.6. The SMILES string of the molecule is C[S+]([O-])c1cnc(-n2ccc3cc(N(CC(=O)O)S(=O)(=O)c4cc(Cl)cc(Cl)c4)ccc32)cn1. The van der Waals surface area contributed by atoms with Crippen molar-refractivity contribution in [2.45, 2.75) is 9.92 Å². The maximum Gasteiger partial charge on any atom is 0.324 e. The first-order valence-corrected chi connectivity index (χ1v) is 13.3. The number of nitrogens with zero attached hydrogens (tertiary/aromatic N) is 4. The number of anilines is 1. The quantitative estimate of drug-likeness (QED) is 0.354. The van der Waals surface area contributed by atoms with Gasteiger partial charge in [0.05, 0.1) is 22.3 Å². The lowest BCUT2D eigenvalue weighted by Crippen LogP contribution is -2.35. The Morgan fingerprint density at radius 2 is 1.82 bits per heavy atom. The van der Waals surface area contributed by atoms with Gasteiger partial charge < -0.3 is 9.66 Å². The predicted octanol–water partition coefficient (Wildman–Crippen LogP) is 3.74. The number of hydrogen-bond acceptors (Lipinski definition) is 6. The summed E-state index contributed by atoms with van der Waals surface area (Å²) in [5, 5.41) is 10.6. The number of halogens is 2. The fraction of sp³-hybridized carbons (Fsp3) is 0.0952. The molecule has 9 nitrogen and oxygen atoms in total. The van der Waals surface area contributed by atoms with Crippen LogP contribution in [0.2, 0.25) is 10.0 Å². The lowest BCUT2D eigenvalue weighted by atomic mass is 10.2. The van der Waals surface area contributed by atoms with Crippen molar-refractivity contribution in [2.75, 3.05) is 17.1 Å². The monoisotopic (exact) mass is 538 g/mol.